The van der Waals surface area contributed by atoms with E-state index in [0.29, 0.717) is 18.8 Å². The van der Waals surface area contributed by atoms with Gasteiger partial charge in [0.05, 0.1) is 11.4 Å². The minimum atomic E-state index is -0.175. The summed E-state index contributed by atoms with van der Waals surface area (Å²) in [5.74, 6) is 0.545. The maximum absolute atomic E-state index is 11.9. The fraction of sp³-hybridized carbons (Fsp3) is 0.174. The molecule has 0 saturated heterocycles. The molecule has 0 bridgehead atoms. The number of carbonyl (C=O) groups excluding carboxylic acids is 1. The van der Waals surface area contributed by atoms with Gasteiger partial charge in [-0.25, -0.2) is 4.98 Å². The summed E-state index contributed by atoms with van der Waals surface area (Å²) in [4.78, 5) is 21.0. The highest BCUT2D eigenvalue weighted by molar-refractivity contribution is 5.92. The number of amides is 1. The molecule has 0 aliphatic carbocycles. The molecule has 0 aliphatic heterocycles. The number of hydrogen-bond donors (Lipinski definition) is 1. The summed E-state index contributed by atoms with van der Waals surface area (Å²) in [7, 11) is 0. The van der Waals surface area contributed by atoms with Crippen LogP contribution in [0.4, 0.5) is 0 Å². The Morgan fingerprint density at radius 1 is 1.10 bits per heavy atom. The Hall–Kier alpha value is -3.67. The number of nitrogens with one attached hydrogen (secondary N) is 1. The van der Waals surface area contributed by atoms with Crippen molar-refractivity contribution in [3.63, 3.8) is 0 Å². The molecule has 0 aliphatic rings. The van der Waals surface area contributed by atoms with Crippen molar-refractivity contribution in [1.82, 2.24) is 19.7 Å². The quantitative estimate of drug-likeness (QED) is 0.543. The van der Waals surface area contributed by atoms with Crippen LogP contribution in [0.15, 0.2) is 67.0 Å². The molecule has 0 fully saturated rings. The van der Waals surface area contributed by atoms with Crippen molar-refractivity contribution < 1.29 is 9.53 Å². The van der Waals surface area contributed by atoms with Gasteiger partial charge in [0.25, 0.3) is 5.91 Å². The summed E-state index contributed by atoms with van der Waals surface area (Å²) in [5, 5.41) is 2.76. The van der Waals surface area contributed by atoms with Crippen molar-refractivity contribution in [3.8, 4) is 17.0 Å². The summed E-state index contributed by atoms with van der Waals surface area (Å²) < 4.78 is 8.03. The Labute approximate surface area is 169 Å². The first-order valence-corrected chi connectivity index (χ1v) is 9.56. The molecule has 4 aromatic rings. The molecule has 3 aromatic heterocycles. The molecule has 3 heterocycles. The van der Waals surface area contributed by atoms with Gasteiger partial charge >= 0.3 is 0 Å². The standard InChI is InChI=1S/C23H22N4O2/c1-3-24-23(28)19-12-11-18(14-25-19)21-16(2)26-22-20(10-7-13-27(21)22)29-15-17-8-5-4-6-9-17/h4-14H,3,15H2,1-2H3,(H,24,28). The summed E-state index contributed by atoms with van der Waals surface area (Å²) in [6, 6.07) is 17.5. The maximum Gasteiger partial charge on any atom is 0.269 e. The Morgan fingerprint density at radius 3 is 2.66 bits per heavy atom. The SMILES string of the molecule is CCNC(=O)c1ccc(-c2c(C)nc3c(OCc4ccccc4)cccn23)cn1. The molecule has 1 aromatic carbocycles. The molecular weight excluding hydrogens is 364 g/mol. The van der Waals surface area contributed by atoms with E-state index in [9.17, 15) is 4.79 Å². The van der Waals surface area contributed by atoms with Crippen molar-refractivity contribution >= 4 is 11.6 Å². The Kier molecular flexibility index (Phi) is 5.24. The van der Waals surface area contributed by atoms with E-state index >= 15 is 0 Å². The topological polar surface area (TPSA) is 68.5 Å². The number of aromatic nitrogens is 3. The second-order valence-corrected chi connectivity index (χ2v) is 6.68. The summed E-state index contributed by atoms with van der Waals surface area (Å²) in [6.45, 7) is 4.89. The van der Waals surface area contributed by atoms with E-state index in [1.807, 2.05) is 73.0 Å². The number of carbonyl (C=O) groups is 1. The molecule has 1 amide bonds. The van der Waals surface area contributed by atoms with Gasteiger partial charge in [-0.05, 0) is 43.7 Å². The molecule has 0 radical (unpaired) electrons. The first kappa shape index (κ1) is 18.7. The lowest BCUT2D eigenvalue weighted by Gasteiger charge is -2.09. The van der Waals surface area contributed by atoms with E-state index in [-0.39, 0.29) is 5.91 Å². The predicted molar refractivity (Wildman–Crippen MR) is 112 cm³/mol. The van der Waals surface area contributed by atoms with Crippen LogP contribution in [0.2, 0.25) is 0 Å². The molecule has 0 unspecified atom stereocenters. The number of aryl methyl sites for hydroxylation is 1. The largest absolute Gasteiger partial charge is 0.485 e. The van der Waals surface area contributed by atoms with E-state index in [1.165, 1.54) is 0 Å². The molecule has 0 saturated carbocycles. The summed E-state index contributed by atoms with van der Waals surface area (Å²) in [6.07, 6.45) is 3.66. The maximum atomic E-state index is 11.9. The zero-order valence-electron chi connectivity index (χ0n) is 16.4. The van der Waals surface area contributed by atoms with Crippen molar-refractivity contribution in [3.05, 3.63) is 83.9 Å². The molecular formula is C23H22N4O2. The third kappa shape index (κ3) is 3.82. The van der Waals surface area contributed by atoms with Crippen LogP contribution in [-0.4, -0.2) is 26.8 Å². The lowest BCUT2D eigenvalue weighted by molar-refractivity contribution is 0.0951. The van der Waals surface area contributed by atoms with Crippen LogP contribution >= 0.6 is 0 Å². The van der Waals surface area contributed by atoms with Gasteiger partial charge in [0.2, 0.25) is 0 Å². The van der Waals surface area contributed by atoms with Gasteiger partial charge in [-0.2, -0.15) is 0 Å². The number of fused-ring (bicyclic) bond motifs is 1. The van der Waals surface area contributed by atoms with Crippen LogP contribution in [0.5, 0.6) is 5.75 Å². The Bertz CT molecular complexity index is 1130. The minimum Gasteiger partial charge on any atom is -0.485 e. The van der Waals surface area contributed by atoms with E-state index in [1.54, 1.807) is 12.3 Å². The van der Waals surface area contributed by atoms with E-state index in [4.69, 9.17) is 9.72 Å². The highest BCUT2D eigenvalue weighted by atomic mass is 16.5. The minimum absolute atomic E-state index is 0.175. The number of ether oxygens (including phenoxy) is 1. The average Bonchev–Trinajstić information content (AvgIpc) is 3.09. The summed E-state index contributed by atoms with van der Waals surface area (Å²) >= 11 is 0. The van der Waals surface area contributed by atoms with Crippen LogP contribution in [-0.2, 0) is 6.61 Å². The van der Waals surface area contributed by atoms with Gasteiger partial charge in [0.15, 0.2) is 11.4 Å². The van der Waals surface area contributed by atoms with Gasteiger partial charge < -0.3 is 10.1 Å². The molecule has 6 heteroatoms. The average molecular weight is 386 g/mol. The molecule has 146 valence electrons. The third-order valence-corrected chi connectivity index (χ3v) is 4.63. The molecule has 1 N–H and O–H groups in total. The third-order valence-electron chi connectivity index (χ3n) is 4.63. The normalized spacial score (nSPS) is 10.8. The van der Waals surface area contributed by atoms with Gasteiger partial charge in [0, 0.05) is 24.5 Å². The number of benzene rings is 1. The van der Waals surface area contributed by atoms with Gasteiger partial charge in [-0.1, -0.05) is 30.3 Å². The van der Waals surface area contributed by atoms with Crippen molar-refractivity contribution in [2.45, 2.75) is 20.5 Å². The van der Waals surface area contributed by atoms with Gasteiger partial charge in [0.1, 0.15) is 12.3 Å². The Balaban J connectivity index is 1.66. The monoisotopic (exact) mass is 386 g/mol. The predicted octanol–water partition coefficient (Wildman–Crippen LogP) is 4.03. The first-order chi connectivity index (χ1) is 14.2. The van der Waals surface area contributed by atoms with Crippen LogP contribution < -0.4 is 10.1 Å². The van der Waals surface area contributed by atoms with Crippen molar-refractivity contribution in [2.75, 3.05) is 6.54 Å². The lowest BCUT2D eigenvalue weighted by atomic mass is 10.1. The molecule has 29 heavy (non-hydrogen) atoms. The molecule has 6 nitrogen and oxygen atoms in total. The molecule has 0 spiro atoms. The fourth-order valence-corrected chi connectivity index (χ4v) is 3.27. The highest BCUT2D eigenvalue weighted by Gasteiger charge is 2.15. The summed E-state index contributed by atoms with van der Waals surface area (Å²) in [5.41, 5.74) is 4.94. The second-order valence-electron chi connectivity index (χ2n) is 6.68. The van der Waals surface area contributed by atoms with E-state index in [0.717, 1.165) is 33.9 Å². The number of imidazole rings is 1. The zero-order valence-corrected chi connectivity index (χ0v) is 16.4. The molecule has 4 rings (SSSR count). The molecule has 0 atom stereocenters. The lowest BCUT2D eigenvalue weighted by Crippen LogP contribution is -2.23. The van der Waals surface area contributed by atoms with Crippen LogP contribution in [0.1, 0.15) is 28.7 Å². The number of rotatable bonds is 6. The highest BCUT2D eigenvalue weighted by Crippen LogP contribution is 2.29. The number of pyridine rings is 2. The van der Waals surface area contributed by atoms with E-state index < -0.39 is 0 Å². The Morgan fingerprint density at radius 2 is 1.93 bits per heavy atom. The van der Waals surface area contributed by atoms with Crippen molar-refractivity contribution in [2.24, 2.45) is 0 Å². The zero-order chi connectivity index (χ0) is 20.2. The fourth-order valence-electron chi connectivity index (χ4n) is 3.27. The smallest absolute Gasteiger partial charge is 0.269 e. The van der Waals surface area contributed by atoms with Crippen LogP contribution in [0.25, 0.3) is 16.9 Å². The number of hydrogen-bond acceptors (Lipinski definition) is 4. The van der Waals surface area contributed by atoms with Gasteiger partial charge in [-0.3, -0.25) is 14.2 Å². The van der Waals surface area contributed by atoms with E-state index in [2.05, 4.69) is 10.3 Å². The number of nitrogens with zero attached hydrogens (tertiary/aromatic N) is 3. The van der Waals surface area contributed by atoms with Crippen LogP contribution in [0.3, 0.4) is 0 Å². The van der Waals surface area contributed by atoms with Crippen molar-refractivity contribution in [1.29, 1.82) is 0 Å². The van der Waals surface area contributed by atoms with Crippen LogP contribution in [0, 0.1) is 6.92 Å². The van der Waals surface area contributed by atoms with Gasteiger partial charge in [-0.15, -0.1) is 0 Å². The second kappa shape index (κ2) is 8.14. The first-order valence-electron chi connectivity index (χ1n) is 9.56.